The molecule has 20 heavy (non-hydrogen) atoms. The number of carboxylic acids is 1. The molecular formula is C13H12N2O4S. The number of nitro benzene ring substituents is 1. The van der Waals surface area contributed by atoms with Gasteiger partial charge in [-0.2, -0.15) is 0 Å². The topological polar surface area (TPSA) is 92.5 Å². The van der Waals surface area contributed by atoms with Crippen molar-refractivity contribution in [3.63, 3.8) is 0 Å². The lowest BCUT2D eigenvalue weighted by molar-refractivity contribution is -0.384. The zero-order valence-corrected chi connectivity index (χ0v) is 11.2. The van der Waals surface area contributed by atoms with E-state index in [1.54, 1.807) is 11.3 Å². The number of carbonyl (C=O) groups is 1. The Balaban J connectivity index is 2.13. The first-order valence-corrected chi connectivity index (χ1v) is 6.74. The van der Waals surface area contributed by atoms with E-state index in [4.69, 9.17) is 5.11 Å². The third-order valence-corrected chi connectivity index (χ3v) is 3.64. The van der Waals surface area contributed by atoms with Gasteiger partial charge in [0, 0.05) is 17.5 Å². The molecule has 0 spiro atoms. The number of nitro groups is 1. The summed E-state index contributed by atoms with van der Waals surface area (Å²) in [5.74, 6) is -1.11. The predicted molar refractivity (Wildman–Crippen MR) is 76.6 cm³/mol. The molecule has 1 aromatic heterocycles. The molecule has 0 amide bonds. The molecule has 0 fully saturated rings. The molecule has 1 aromatic carbocycles. The molecular weight excluding hydrogens is 280 g/mol. The fourth-order valence-corrected chi connectivity index (χ4v) is 2.45. The van der Waals surface area contributed by atoms with Crippen LogP contribution in [0.5, 0.6) is 0 Å². The van der Waals surface area contributed by atoms with Gasteiger partial charge < -0.3 is 10.4 Å². The van der Waals surface area contributed by atoms with Crippen molar-refractivity contribution in [3.05, 3.63) is 56.3 Å². The van der Waals surface area contributed by atoms with Gasteiger partial charge in [-0.15, -0.1) is 11.3 Å². The van der Waals surface area contributed by atoms with Crippen molar-refractivity contribution in [1.29, 1.82) is 0 Å². The van der Waals surface area contributed by atoms with Gasteiger partial charge in [0.1, 0.15) is 5.69 Å². The molecule has 0 saturated heterocycles. The van der Waals surface area contributed by atoms with Crippen LogP contribution in [0, 0.1) is 10.1 Å². The summed E-state index contributed by atoms with van der Waals surface area (Å²) in [6.45, 7) is 0.504. The summed E-state index contributed by atoms with van der Waals surface area (Å²) in [7, 11) is 0. The van der Waals surface area contributed by atoms with E-state index < -0.39 is 10.9 Å². The van der Waals surface area contributed by atoms with E-state index in [0.29, 0.717) is 6.54 Å². The lowest BCUT2D eigenvalue weighted by atomic mass is 10.1. The molecule has 6 nitrogen and oxygen atoms in total. The highest BCUT2D eigenvalue weighted by atomic mass is 32.1. The molecule has 0 radical (unpaired) electrons. The SMILES string of the molecule is O=C(O)c1ccc([N+](=O)[O-])c(NCCc2cccs2)c1. The molecule has 0 aliphatic carbocycles. The molecule has 2 rings (SSSR count). The molecule has 0 atom stereocenters. The Morgan fingerprint density at radius 2 is 2.20 bits per heavy atom. The van der Waals surface area contributed by atoms with E-state index >= 15 is 0 Å². The van der Waals surface area contributed by atoms with Gasteiger partial charge in [0.05, 0.1) is 10.5 Å². The van der Waals surface area contributed by atoms with Gasteiger partial charge in [-0.25, -0.2) is 4.79 Å². The molecule has 1 heterocycles. The summed E-state index contributed by atoms with van der Waals surface area (Å²) in [6.07, 6.45) is 0.728. The van der Waals surface area contributed by atoms with Gasteiger partial charge in [0.25, 0.3) is 5.69 Å². The van der Waals surface area contributed by atoms with E-state index in [-0.39, 0.29) is 16.9 Å². The third-order valence-electron chi connectivity index (χ3n) is 2.71. The number of nitrogens with one attached hydrogen (secondary N) is 1. The monoisotopic (exact) mass is 292 g/mol. The maximum atomic E-state index is 10.9. The molecule has 0 aliphatic rings. The molecule has 104 valence electrons. The highest BCUT2D eigenvalue weighted by Crippen LogP contribution is 2.25. The van der Waals surface area contributed by atoms with Crippen LogP contribution in [-0.2, 0) is 6.42 Å². The lowest BCUT2D eigenvalue weighted by Crippen LogP contribution is -2.08. The molecule has 0 aliphatic heterocycles. The fourth-order valence-electron chi connectivity index (χ4n) is 1.75. The summed E-state index contributed by atoms with van der Waals surface area (Å²) in [6, 6.07) is 7.64. The van der Waals surface area contributed by atoms with Crippen LogP contribution in [0.3, 0.4) is 0 Å². The second-order valence-corrected chi connectivity index (χ2v) is 5.08. The van der Waals surface area contributed by atoms with Crippen LogP contribution in [0.15, 0.2) is 35.7 Å². The minimum atomic E-state index is -1.11. The number of anilines is 1. The van der Waals surface area contributed by atoms with Gasteiger partial charge in [-0.1, -0.05) is 6.07 Å². The second kappa shape index (κ2) is 6.16. The number of hydrogen-bond donors (Lipinski definition) is 2. The van der Waals surface area contributed by atoms with Gasteiger partial charge in [-0.3, -0.25) is 10.1 Å². The normalized spacial score (nSPS) is 10.2. The van der Waals surface area contributed by atoms with Crippen LogP contribution in [0.2, 0.25) is 0 Å². The summed E-state index contributed by atoms with van der Waals surface area (Å²) < 4.78 is 0. The average molecular weight is 292 g/mol. The first-order chi connectivity index (χ1) is 9.58. The minimum absolute atomic E-state index is 0.0224. The van der Waals surface area contributed by atoms with E-state index in [1.807, 2.05) is 17.5 Å². The largest absolute Gasteiger partial charge is 0.478 e. The van der Waals surface area contributed by atoms with Crippen molar-refractivity contribution in [2.45, 2.75) is 6.42 Å². The maximum absolute atomic E-state index is 10.9. The van der Waals surface area contributed by atoms with E-state index in [1.165, 1.54) is 18.2 Å². The van der Waals surface area contributed by atoms with Crippen molar-refractivity contribution in [2.75, 3.05) is 11.9 Å². The zero-order valence-electron chi connectivity index (χ0n) is 10.4. The van der Waals surface area contributed by atoms with Crippen LogP contribution in [-0.4, -0.2) is 22.5 Å². The number of thiophene rings is 1. The summed E-state index contributed by atoms with van der Waals surface area (Å²) in [5, 5.41) is 24.7. The van der Waals surface area contributed by atoms with Crippen LogP contribution in [0.25, 0.3) is 0 Å². The van der Waals surface area contributed by atoms with Crippen LogP contribution in [0.4, 0.5) is 11.4 Å². The summed E-state index contributed by atoms with van der Waals surface area (Å²) >= 11 is 1.61. The highest BCUT2D eigenvalue weighted by Gasteiger charge is 2.16. The molecule has 2 N–H and O–H groups in total. The average Bonchev–Trinajstić information content (AvgIpc) is 2.91. The predicted octanol–water partition coefficient (Wildman–Crippen LogP) is 3.01. The first kappa shape index (κ1) is 14.0. The van der Waals surface area contributed by atoms with Gasteiger partial charge in [-0.05, 0) is 30.0 Å². The zero-order chi connectivity index (χ0) is 14.5. The molecule has 2 aromatic rings. The first-order valence-electron chi connectivity index (χ1n) is 5.86. The van der Waals surface area contributed by atoms with Gasteiger partial charge in [0.2, 0.25) is 0 Å². The van der Waals surface area contributed by atoms with Gasteiger partial charge in [0.15, 0.2) is 0 Å². The van der Waals surface area contributed by atoms with Crippen molar-refractivity contribution in [1.82, 2.24) is 0 Å². The Morgan fingerprint density at radius 1 is 1.40 bits per heavy atom. The fraction of sp³-hybridized carbons (Fsp3) is 0.154. The molecule has 0 bridgehead atoms. The van der Waals surface area contributed by atoms with Crippen molar-refractivity contribution < 1.29 is 14.8 Å². The van der Waals surface area contributed by atoms with Crippen molar-refractivity contribution >= 4 is 28.7 Å². The standard InChI is InChI=1S/C13H12N2O4S/c16-13(17)9-3-4-12(15(18)19)11(8-9)14-6-5-10-2-1-7-20-10/h1-4,7-8,14H,5-6H2,(H,16,17). The highest BCUT2D eigenvalue weighted by molar-refractivity contribution is 7.09. The van der Waals surface area contributed by atoms with Gasteiger partial charge >= 0.3 is 5.97 Å². The van der Waals surface area contributed by atoms with E-state index in [2.05, 4.69) is 5.32 Å². The Labute approximate surface area is 118 Å². The maximum Gasteiger partial charge on any atom is 0.335 e. The lowest BCUT2D eigenvalue weighted by Gasteiger charge is -2.07. The Morgan fingerprint density at radius 3 is 2.80 bits per heavy atom. The minimum Gasteiger partial charge on any atom is -0.478 e. The number of nitrogens with zero attached hydrogens (tertiary/aromatic N) is 1. The number of carboxylic acid groups (broad SMARTS) is 1. The number of aromatic carboxylic acids is 1. The quantitative estimate of drug-likeness (QED) is 0.630. The number of hydrogen-bond acceptors (Lipinski definition) is 5. The summed E-state index contributed by atoms with van der Waals surface area (Å²) in [5.41, 5.74) is 0.127. The van der Waals surface area contributed by atoms with Crippen LogP contribution in [0.1, 0.15) is 15.2 Å². The number of benzene rings is 1. The molecule has 0 unspecified atom stereocenters. The smallest absolute Gasteiger partial charge is 0.335 e. The Bertz CT molecular complexity index is 625. The number of rotatable bonds is 6. The van der Waals surface area contributed by atoms with Crippen molar-refractivity contribution in [2.24, 2.45) is 0 Å². The van der Waals surface area contributed by atoms with Crippen LogP contribution < -0.4 is 5.32 Å². The molecule has 7 heteroatoms. The molecule has 0 saturated carbocycles. The van der Waals surface area contributed by atoms with Crippen LogP contribution >= 0.6 is 11.3 Å². The van der Waals surface area contributed by atoms with E-state index in [0.717, 1.165) is 11.3 Å². The van der Waals surface area contributed by atoms with Crippen molar-refractivity contribution in [3.8, 4) is 0 Å². The Hall–Kier alpha value is -2.41. The third kappa shape index (κ3) is 3.33. The Kier molecular flexibility index (Phi) is 4.31. The van der Waals surface area contributed by atoms with E-state index in [9.17, 15) is 14.9 Å². The second-order valence-electron chi connectivity index (χ2n) is 4.05. The summed E-state index contributed by atoms with van der Waals surface area (Å²) in [4.78, 5) is 22.4.